The van der Waals surface area contributed by atoms with E-state index in [1.807, 2.05) is 6.07 Å². The highest BCUT2D eigenvalue weighted by Crippen LogP contribution is 2.23. The number of hydrogen-bond donors (Lipinski definition) is 2. The van der Waals surface area contributed by atoms with Crippen molar-refractivity contribution in [1.29, 1.82) is 0 Å². The highest BCUT2D eigenvalue weighted by atomic mass is 35.5. The Kier molecular flexibility index (Phi) is 5.80. The molecular weight excluding hydrogens is 242 g/mol. The lowest BCUT2D eigenvalue weighted by molar-refractivity contribution is 0.0146. The Morgan fingerprint density at radius 1 is 1.35 bits per heavy atom. The Hall–Kier alpha value is -1.26. The first-order chi connectivity index (χ1) is 8.20. The highest BCUT2D eigenvalue weighted by molar-refractivity contribution is 6.17. The number of halogens is 1. The Morgan fingerprint density at radius 2 is 2.06 bits per heavy atom. The van der Waals surface area contributed by atoms with Gasteiger partial charge in [0.15, 0.2) is 0 Å². The van der Waals surface area contributed by atoms with Crippen LogP contribution in [0, 0.1) is 0 Å². The van der Waals surface area contributed by atoms with Crippen LogP contribution in [-0.2, 0) is 5.88 Å². The summed E-state index contributed by atoms with van der Waals surface area (Å²) in [5.41, 5.74) is 9.50. The van der Waals surface area contributed by atoms with Crippen LogP contribution in [0.3, 0.4) is 0 Å². The number of hydrogen-bond acceptors (Lipinski definition) is 3. The molecule has 0 amide bonds. The van der Waals surface area contributed by atoms with Gasteiger partial charge >= 0.3 is 0 Å². The van der Waals surface area contributed by atoms with Crippen LogP contribution in [0.2, 0.25) is 0 Å². The molecule has 0 heterocycles. The highest BCUT2D eigenvalue weighted by Gasteiger charge is 2.19. The molecule has 5 nitrogen and oxygen atoms in total. The topological polar surface area (TPSA) is 89.2 Å². The van der Waals surface area contributed by atoms with E-state index in [4.69, 9.17) is 17.1 Å². The summed E-state index contributed by atoms with van der Waals surface area (Å²) in [6.45, 7) is 0.151. The first kappa shape index (κ1) is 13.8. The van der Waals surface area contributed by atoms with Gasteiger partial charge in [0, 0.05) is 17.3 Å². The number of rotatable bonds is 6. The first-order valence-electron chi connectivity index (χ1n) is 5.21. The summed E-state index contributed by atoms with van der Waals surface area (Å²) in [5, 5.41) is 23.0. The molecular formula is C11H14ClN3O2. The molecule has 1 aromatic carbocycles. The van der Waals surface area contributed by atoms with Crippen molar-refractivity contribution < 1.29 is 10.2 Å². The minimum absolute atomic E-state index is 0.151. The summed E-state index contributed by atoms with van der Waals surface area (Å²) >= 11 is 5.75. The second-order valence-corrected chi connectivity index (χ2v) is 3.86. The van der Waals surface area contributed by atoms with Crippen molar-refractivity contribution in [3.63, 3.8) is 0 Å². The maximum Gasteiger partial charge on any atom is 0.105 e. The van der Waals surface area contributed by atoms with Crippen molar-refractivity contribution in [3.8, 4) is 0 Å². The molecule has 0 bridgehead atoms. The Morgan fingerprint density at radius 3 is 2.71 bits per heavy atom. The molecule has 92 valence electrons. The van der Waals surface area contributed by atoms with Crippen LogP contribution in [0.1, 0.15) is 23.7 Å². The van der Waals surface area contributed by atoms with Crippen LogP contribution < -0.4 is 0 Å². The molecule has 0 aliphatic rings. The monoisotopic (exact) mass is 255 g/mol. The summed E-state index contributed by atoms with van der Waals surface area (Å²) < 4.78 is 0. The van der Waals surface area contributed by atoms with Crippen LogP contribution in [0.5, 0.6) is 0 Å². The number of aliphatic hydroxyl groups is 2. The van der Waals surface area contributed by atoms with E-state index in [9.17, 15) is 10.2 Å². The van der Waals surface area contributed by atoms with Crippen LogP contribution in [0.15, 0.2) is 29.4 Å². The average Bonchev–Trinajstić information content (AvgIpc) is 2.38. The fraction of sp³-hybridized carbons (Fsp3) is 0.455. The number of benzene rings is 1. The number of nitrogens with zero attached hydrogens (tertiary/aromatic N) is 3. The van der Waals surface area contributed by atoms with Crippen molar-refractivity contribution in [1.82, 2.24) is 0 Å². The van der Waals surface area contributed by atoms with E-state index in [0.29, 0.717) is 5.56 Å². The van der Waals surface area contributed by atoms with E-state index in [2.05, 4.69) is 10.0 Å². The van der Waals surface area contributed by atoms with Gasteiger partial charge in [-0.05, 0) is 23.1 Å². The van der Waals surface area contributed by atoms with Gasteiger partial charge in [0.2, 0.25) is 0 Å². The summed E-state index contributed by atoms with van der Waals surface area (Å²) in [6.07, 6.45) is -1.77. The van der Waals surface area contributed by atoms with Crippen molar-refractivity contribution >= 4 is 11.6 Å². The standard InChI is InChI=1S/C11H14ClN3O2/c12-7-8-3-1-2-4-9(8)11(17)10(16)5-6-14-15-13/h1-4,10-11,16-17H,5-7H2. The Balaban J connectivity index is 2.73. The molecule has 1 aromatic rings. The predicted molar refractivity (Wildman–Crippen MR) is 65.6 cm³/mol. The van der Waals surface area contributed by atoms with Gasteiger partial charge in [0.05, 0.1) is 6.10 Å². The molecule has 2 atom stereocenters. The fourth-order valence-electron chi connectivity index (χ4n) is 1.54. The molecule has 0 saturated carbocycles. The van der Waals surface area contributed by atoms with Crippen molar-refractivity contribution in [2.75, 3.05) is 6.54 Å². The van der Waals surface area contributed by atoms with E-state index in [1.165, 1.54) is 0 Å². The first-order valence-corrected chi connectivity index (χ1v) is 5.75. The van der Waals surface area contributed by atoms with E-state index < -0.39 is 12.2 Å². The SMILES string of the molecule is [N-]=[N+]=NCCC(O)C(O)c1ccccc1CCl. The van der Waals surface area contributed by atoms with E-state index in [-0.39, 0.29) is 18.8 Å². The molecule has 0 aliphatic heterocycles. The third-order valence-electron chi connectivity index (χ3n) is 2.47. The maximum atomic E-state index is 9.96. The van der Waals surface area contributed by atoms with Gasteiger partial charge in [-0.25, -0.2) is 0 Å². The molecule has 1 rings (SSSR count). The van der Waals surface area contributed by atoms with Crippen molar-refractivity contribution in [3.05, 3.63) is 45.8 Å². The van der Waals surface area contributed by atoms with Crippen LogP contribution in [-0.4, -0.2) is 22.9 Å². The van der Waals surface area contributed by atoms with Gasteiger partial charge in [-0.2, -0.15) is 0 Å². The van der Waals surface area contributed by atoms with Gasteiger partial charge in [-0.15, -0.1) is 11.6 Å². The molecule has 0 aliphatic carbocycles. The molecule has 0 aromatic heterocycles. The summed E-state index contributed by atoms with van der Waals surface area (Å²) in [6, 6.07) is 7.11. The lowest BCUT2D eigenvalue weighted by atomic mass is 9.98. The van der Waals surface area contributed by atoms with E-state index >= 15 is 0 Å². The van der Waals surface area contributed by atoms with E-state index in [1.54, 1.807) is 18.2 Å². The van der Waals surface area contributed by atoms with Crippen LogP contribution in [0.25, 0.3) is 10.4 Å². The largest absolute Gasteiger partial charge is 0.390 e. The van der Waals surface area contributed by atoms with Gasteiger partial charge in [0.25, 0.3) is 0 Å². The maximum absolute atomic E-state index is 9.96. The zero-order chi connectivity index (χ0) is 12.7. The summed E-state index contributed by atoms with van der Waals surface area (Å²) in [4.78, 5) is 2.58. The lowest BCUT2D eigenvalue weighted by Gasteiger charge is -2.19. The third-order valence-corrected chi connectivity index (χ3v) is 2.76. The normalized spacial score (nSPS) is 13.8. The van der Waals surface area contributed by atoms with Crippen LogP contribution >= 0.6 is 11.6 Å². The lowest BCUT2D eigenvalue weighted by Crippen LogP contribution is -2.20. The predicted octanol–water partition coefficient (Wildman–Crippen LogP) is 2.52. The Bertz CT molecular complexity index is 407. The zero-order valence-corrected chi connectivity index (χ0v) is 9.96. The quantitative estimate of drug-likeness (QED) is 0.354. The van der Waals surface area contributed by atoms with Crippen molar-refractivity contribution in [2.45, 2.75) is 24.5 Å². The zero-order valence-electron chi connectivity index (χ0n) is 9.20. The summed E-state index contributed by atoms with van der Waals surface area (Å²) in [7, 11) is 0. The average molecular weight is 256 g/mol. The second-order valence-electron chi connectivity index (χ2n) is 3.59. The molecule has 2 unspecified atom stereocenters. The molecule has 17 heavy (non-hydrogen) atoms. The fourth-order valence-corrected chi connectivity index (χ4v) is 1.79. The minimum Gasteiger partial charge on any atom is -0.390 e. The molecule has 0 fully saturated rings. The number of azide groups is 1. The number of aliphatic hydroxyl groups excluding tert-OH is 2. The molecule has 0 radical (unpaired) electrons. The smallest absolute Gasteiger partial charge is 0.105 e. The summed E-state index contributed by atoms with van der Waals surface area (Å²) in [5.74, 6) is 0.274. The van der Waals surface area contributed by atoms with Crippen LogP contribution in [0.4, 0.5) is 0 Å². The Labute approximate surface area is 104 Å². The molecule has 2 N–H and O–H groups in total. The van der Waals surface area contributed by atoms with E-state index in [0.717, 1.165) is 5.56 Å². The molecule has 0 spiro atoms. The molecule has 6 heteroatoms. The third kappa shape index (κ3) is 3.91. The number of alkyl halides is 1. The van der Waals surface area contributed by atoms with Gasteiger partial charge in [0.1, 0.15) is 6.10 Å². The van der Waals surface area contributed by atoms with Gasteiger partial charge < -0.3 is 10.2 Å². The second kappa shape index (κ2) is 7.14. The van der Waals surface area contributed by atoms with Gasteiger partial charge in [-0.3, -0.25) is 0 Å². The van der Waals surface area contributed by atoms with Crippen molar-refractivity contribution in [2.24, 2.45) is 5.11 Å². The molecule has 0 saturated heterocycles. The van der Waals surface area contributed by atoms with Gasteiger partial charge in [-0.1, -0.05) is 29.4 Å². The minimum atomic E-state index is -1.01.